The van der Waals surface area contributed by atoms with Crippen molar-refractivity contribution in [3.05, 3.63) is 119 Å². The Kier molecular flexibility index (Phi) is 7.83. The van der Waals surface area contributed by atoms with E-state index in [0.717, 1.165) is 29.5 Å². The van der Waals surface area contributed by atoms with Gasteiger partial charge in [-0.05, 0) is 48.6 Å². The summed E-state index contributed by atoms with van der Waals surface area (Å²) in [5, 5.41) is 4.24. The Morgan fingerprint density at radius 3 is 2.38 bits per heavy atom. The van der Waals surface area contributed by atoms with Crippen molar-refractivity contribution in [2.24, 2.45) is 5.16 Å². The molecule has 0 saturated carbocycles. The summed E-state index contributed by atoms with van der Waals surface area (Å²) in [4.78, 5) is 5.63. The molecule has 0 fully saturated rings. The summed E-state index contributed by atoms with van der Waals surface area (Å²) >= 11 is 0. The number of anilines is 1. The monoisotopic (exact) mass is 526 g/mol. The van der Waals surface area contributed by atoms with E-state index in [9.17, 15) is 21.6 Å². The van der Waals surface area contributed by atoms with Gasteiger partial charge in [0.15, 0.2) is 0 Å². The minimum Gasteiger partial charge on any atom is -0.390 e. The fraction of sp³-hybridized carbons (Fsp3) is 0.179. The first kappa shape index (κ1) is 26.2. The Hall–Kier alpha value is -3.85. The maximum atomic E-state index is 13.1. The van der Waals surface area contributed by atoms with E-state index in [-0.39, 0.29) is 23.6 Å². The molecule has 9 heteroatoms. The lowest BCUT2D eigenvalue weighted by atomic mass is 9.99. The van der Waals surface area contributed by atoms with Crippen LogP contribution >= 0.6 is 0 Å². The molecule has 0 amide bonds. The SMILES string of the molecule is Cc1ccc(NS(=O)(=O)C(F)(F)F)c(/C(=N/OCc2ccc(C3=CCCC=C3)cc2)c2ccccc2)c1. The molecule has 0 atom stereocenters. The number of halogens is 3. The molecule has 0 spiro atoms. The summed E-state index contributed by atoms with van der Waals surface area (Å²) in [7, 11) is -5.63. The Morgan fingerprint density at radius 1 is 1.00 bits per heavy atom. The smallest absolute Gasteiger partial charge is 0.390 e. The summed E-state index contributed by atoms with van der Waals surface area (Å²) in [5.74, 6) is 0. The average molecular weight is 527 g/mol. The number of nitrogens with one attached hydrogen (secondary N) is 1. The van der Waals surface area contributed by atoms with Gasteiger partial charge in [-0.25, -0.2) is 0 Å². The quantitative estimate of drug-likeness (QED) is 0.255. The molecule has 37 heavy (non-hydrogen) atoms. The summed E-state index contributed by atoms with van der Waals surface area (Å²) in [6.45, 7) is 1.86. The second-order valence-corrected chi connectivity index (χ2v) is 10.2. The first-order valence-corrected chi connectivity index (χ1v) is 13.0. The van der Waals surface area contributed by atoms with Crippen molar-refractivity contribution in [1.29, 1.82) is 0 Å². The van der Waals surface area contributed by atoms with E-state index in [1.165, 1.54) is 12.1 Å². The van der Waals surface area contributed by atoms with Gasteiger partial charge in [0.1, 0.15) is 12.3 Å². The Morgan fingerprint density at radius 2 is 1.73 bits per heavy atom. The number of sulfonamides is 1. The van der Waals surface area contributed by atoms with Gasteiger partial charge in [-0.2, -0.15) is 21.6 Å². The van der Waals surface area contributed by atoms with Crippen LogP contribution in [0.25, 0.3) is 5.57 Å². The Labute approximate surface area is 214 Å². The number of aryl methyl sites for hydroxylation is 1. The standard InChI is InChI=1S/C28H25F3N2O3S/c1-20-12-17-26(33-37(34,35)28(29,30)31)25(18-20)27(24-10-6-3-7-11-24)32-36-19-21-13-15-23(16-14-21)22-8-4-2-5-9-22/h3-4,6-18,33H,2,5,19H2,1H3/b32-27+. The van der Waals surface area contributed by atoms with Crippen LogP contribution in [0.4, 0.5) is 18.9 Å². The molecule has 0 bridgehead atoms. The molecule has 0 unspecified atom stereocenters. The minimum absolute atomic E-state index is 0.112. The highest BCUT2D eigenvalue weighted by atomic mass is 32.2. The zero-order valence-electron chi connectivity index (χ0n) is 20.0. The number of oxime groups is 1. The maximum Gasteiger partial charge on any atom is 0.516 e. The molecular formula is C28H25F3N2O3S. The molecule has 3 aromatic carbocycles. The van der Waals surface area contributed by atoms with Crippen molar-refractivity contribution in [3.8, 4) is 0 Å². The van der Waals surface area contributed by atoms with Gasteiger partial charge in [0.05, 0.1) is 5.69 Å². The molecule has 0 heterocycles. The normalized spacial score (nSPS) is 14.3. The van der Waals surface area contributed by atoms with E-state index < -0.39 is 15.5 Å². The number of hydrogen-bond acceptors (Lipinski definition) is 4. The van der Waals surface area contributed by atoms with Crippen LogP contribution in [0, 0.1) is 6.92 Å². The van der Waals surface area contributed by atoms with Crippen LogP contribution in [0.1, 0.15) is 40.7 Å². The highest BCUT2D eigenvalue weighted by Crippen LogP contribution is 2.29. The molecular weight excluding hydrogens is 501 g/mol. The molecule has 192 valence electrons. The fourth-order valence-corrected chi connectivity index (χ4v) is 4.37. The van der Waals surface area contributed by atoms with Gasteiger partial charge in [-0.3, -0.25) is 4.72 Å². The predicted octanol–water partition coefficient (Wildman–Crippen LogP) is 6.96. The van der Waals surface area contributed by atoms with E-state index >= 15 is 0 Å². The fourth-order valence-electron chi connectivity index (χ4n) is 3.79. The number of benzene rings is 3. The van der Waals surface area contributed by atoms with Crippen molar-refractivity contribution in [1.82, 2.24) is 0 Å². The molecule has 1 aliphatic rings. The highest BCUT2D eigenvalue weighted by molar-refractivity contribution is 7.93. The Balaban J connectivity index is 1.63. The number of allylic oxidation sites excluding steroid dienone is 4. The average Bonchev–Trinajstić information content (AvgIpc) is 2.88. The van der Waals surface area contributed by atoms with E-state index in [4.69, 9.17) is 4.84 Å². The predicted molar refractivity (Wildman–Crippen MR) is 139 cm³/mol. The van der Waals surface area contributed by atoms with Crippen LogP contribution in [-0.4, -0.2) is 19.6 Å². The van der Waals surface area contributed by atoms with Gasteiger partial charge < -0.3 is 4.84 Å². The molecule has 5 nitrogen and oxygen atoms in total. The van der Waals surface area contributed by atoms with E-state index in [2.05, 4.69) is 23.4 Å². The van der Waals surface area contributed by atoms with Crippen LogP contribution in [-0.2, 0) is 21.5 Å². The molecule has 0 radical (unpaired) electrons. The number of rotatable bonds is 8. The third-order valence-corrected chi connectivity index (χ3v) is 6.79. The largest absolute Gasteiger partial charge is 0.516 e. The van der Waals surface area contributed by atoms with Crippen LogP contribution in [0.2, 0.25) is 0 Å². The molecule has 0 saturated heterocycles. The first-order valence-electron chi connectivity index (χ1n) is 11.6. The maximum absolute atomic E-state index is 13.1. The van der Waals surface area contributed by atoms with Gasteiger partial charge in [-0.15, -0.1) is 0 Å². The summed E-state index contributed by atoms with van der Waals surface area (Å²) in [6, 6.07) is 20.9. The van der Waals surface area contributed by atoms with Gasteiger partial charge in [0, 0.05) is 11.1 Å². The summed E-state index contributed by atoms with van der Waals surface area (Å²) in [6.07, 6.45) is 8.47. The van der Waals surface area contributed by atoms with Gasteiger partial charge in [0.25, 0.3) is 0 Å². The lowest BCUT2D eigenvalue weighted by Crippen LogP contribution is -2.30. The topological polar surface area (TPSA) is 67.8 Å². The first-order chi connectivity index (χ1) is 17.6. The number of hydrogen-bond donors (Lipinski definition) is 1. The third-order valence-electron chi connectivity index (χ3n) is 5.70. The molecule has 1 aliphatic carbocycles. The molecule has 4 rings (SSSR count). The van der Waals surface area contributed by atoms with Gasteiger partial charge in [0.2, 0.25) is 0 Å². The lowest BCUT2D eigenvalue weighted by molar-refractivity contribution is -0.0429. The highest BCUT2D eigenvalue weighted by Gasteiger charge is 2.46. The summed E-state index contributed by atoms with van der Waals surface area (Å²) in [5.41, 5.74) is -1.02. The second-order valence-electron chi connectivity index (χ2n) is 8.52. The van der Waals surface area contributed by atoms with E-state index in [1.54, 1.807) is 48.0 Å². The van der Waals surface area contributed by atoms with Gasteiger partial charge >= 0.3 is 15.5 Å². The van der Waals surface area contributed by atoms with Gasteiger partial charge in [-0.1, -0.05) is 89.6 Å². The summed E-state index contributed by atoms with van der Waals surface area (Å²) < 4.78 is 64.6. The molecule has 3 aromatic rings. The van der Waals surface area contributed by atoms with Crippen LogP contribution in [0.5, 0.6) is 0 Å². The zero-order chi connectivity index (χ0) is 26.5. The third kappa shape index (κ3) is 6.48. The van der Waals surface area contributed by atoms with Crippen molar-refractivity contribution in [3.63, 3.8) is 0 Å². The second kappa shape index (κ2) is 11.0. The minimum atomic E-state index is -5.63. The zero-order valence-corrected chi connectivity index (χ0v) is 20.8. The van der Waals surface area contributed by atoms with Crippen molar-refractivity contribution < 1.29 is 26.4 Å². The van der Waals surface area contributed by atoms with Crippen molar-refractivity contribution in [2.45, 2.75) is 31.9 Å². The molecule has 0 aliphatic heterocycles. The number of alkyl halides is 3. The van der Waals surface area contributed by atoms with E-state index in [1.807, 2.05) is 24.3 Å². The lowest BCUT2D eigenvalue weighted by Gasteiger charge is -2.16. The van der Waals surface area contributed by atoms with Crippen molar-refractivity contribution >= 4 is 27.0 Å². The van der Waals surface area contributed by atoms with Crippen LogP contribution < -0.4 is 4.72 Å². The van der Waals surface area contributed by atoms with E-state index in [0.29, 0.717) is 11.1 Å². The molecule has 0 aromatic heterocycles. The molecule has 1 N–H and O–H groups in total. The van der Waals surface area contributed by atoms with Crippen molar-refractivity contribution in [2.75, 3.05) is 4.72 Å². The van der Waals surface area contributed by atoms with Crippen LogP contribution in [0.15, 0.2) is 96.2 Å². The Bertz CT molecular complexity index is 1440. The van der Waals surface area contributed by atoms with Crippen LogP contribution in [0.3, 0.4) is 0 Å². The number of nitrogens with zero attached hydrogens (tertiary/aromatic N) is 1.